The van der Waals surface area contributed by atoms with Gasteiger partial charge in [0.15, 0.2) is 0 Å². The smallest absolute Gasteiger partial charge is 0.129 e. The number of likely N-dealkylation sites (N-methyl/N-ethyl adjacent to an activating group) is 1. The van der Waals surface area contributed by atoms with Crippen LogP contribution in [0.5, 0.6) is 0 Å². The summed E-state index contributed by atoms with van der Waals surface area (Å²) >= 11 is 0. The van der Waals surface area contributed by atoms with Crippen LogP contribution in [0.1, 0.15) is 27.2 Å². The highest BCUT2D eigenvalue weighted by Crippen LogP contribution is 2.01. The van der Waals surface area contributed by atoms with Gasteiger partial charge in [0.2, 0.25) is 0 Å². The molecule has 0 saturated heterocycles. The number of nitrogens with one attached hydrogen (secondary N) is 1. The predicted molar refractivity (Wildman–Crippen MR) is 52.4 cm³/mol. The van der Waals surface area contributed by atoms with Crippen LogP contribution >= 0.6 is 0 Å². The fraction of sp³-hybridized carbons (Fsp3) is 0.889. The minimum atomic E-state index is 0.490. The number of rotatable bonds is 6. The minimum Gasteiger partial charge on any atom is -0.394 e. The zero-order valence-electron chi connectivity index (χ0n) is 8.55. The second kappa shape index (κ2) is 7.10. The minimum absolute atomic E-state index is 0.490. The van der Waals surface area contributed by atoms with Crippen molar-refractivity contribution in [2.45, 2.75) is 27.2 Å². The summed E-state index contributed by atoms with van der Waals surface area (Å²) < 4.78 is 0. The largest absolute Gasteiger partial charge is 0.394 e. The first kappa shape index (κ1) is 11.4. The van der Waals surface area contributed by atoms with Gasteiger partial charge in [-0.05, 0) is 19.4 Å². The summed E-state index contributed by atoms with van der Waals surface area (Å²) in [6.45, 7) is 7.85. The molecule has 0 aliphatic rings. The maximum Gasteiger partial charge on any atom is 0.129 e. The Balaban J connectivity index is 3.63. The lowest BCUT2D eigenvalue weighted by Crippen LogP contribution is -2.14. The van der Waals surface area contributed by atoms with E-state index in [4.69, 9.17) is 4.84 Å². The second-order valence-corrected chi connectivity index (χ2v) is 3.03. The second-order valence-electron chi connectivity index (χ2n) is 3.03. The van der Waals surface area contributed by atoms with Gasteiger partial charge in [0.05, 0.1) is 5.71 Å². The maximum atomic E-state index is 5.11. The van der Waals surface area contributed by atoms with Gasteiger partial charge in [-0.25, -0.2) is 0 Å². The van der Waals surface area contributed by atoms with Gasteiger partial charge in [-0.3, -0.25) is 0 Å². The first-order valence-electron chi connectivity index (χ1n) is 4.55. The molecule has 72 valence electrons. The van der Waals surface area contributed by atoms with Crippen LogP contribution in [0.3, 0.4) is 0 Å². The third-order valence-corrected chi connectivity index (χ3v) is 1.65. The molecule has 0 radical (unpaired) electrons. The number of nitrogens with zero attached hydrogens (tertiary/aromatic N) is 1. The van der Waals surface area contributed by atoms with Gasteiger partial charge in [-0.2, -0.15) is 0 Å². The molecular formula is C9H20N2O. The van der Waals surface area contributed by atoms with Crippen molar-refractivity contribution < 1.29 is 4.84 Å². The Kier molecular flexibility index (Phi) is 6.76. The maximum absolute atomic E-state index is 5.11. The zero-order chi connectivity index (χ0) is 9.40. The van der Waals surface area contributed by atoms with Crippen molar-refractivity contribution in [3.8, 4) is 0 Å². The average molecular weight is 172 g/mol. The fourth-order valence-corrected chi connectivity index (χ4v) is 0.854. The molecule has 0 atom stereocenters. The zero-order valence-corrected chi connectivity index (χ0v) is 8.55. The van der Waals surface area contributed by atoms with Gasteiger partial charge < -0.3 is 10.2 Å². The van der Waals surface area contributed by atoms with Crippen LogP contribution in [0, 0.1) is 5.92 Å². The van der Waals surface area contributed by atoms with Crippen molar-refractivity contribution in [2.24, 2.45) is 11.1 Å². The summed E-state index contributed by atoms with van der Waals surface area (Å²) in [7, 11) is 1.90. The van der Waals surface area contributed by atoms with Crippen molar-refractivity contribution in [2.75, 3.05) is 20.2 Å². The van der Waals surface area contributed by atoms with E-state index in [1.54, 1.807) is 0 Å². The first-order chi connectivity index (χ1) is 5.72. The summed E-state index contributed by atoms with van der Waals surface area (Å²) in [5.41, 5.74) is 1.13. The van der Waals surface area contributed by atoms with Crippen LogP contribution < -0.4 is 5.32 Å². The quantitative estimate of drug-likeness (QED) is 0.375. The van der Waals surface area contributed by atoms with E-state index in [0.717, 1.165) is 18.7 Å². The SMILES string of the molecule is CC/C(=N\OCCNC)C(C)C. The monoisotopic (exact) mass is 172 g/mol. The molecule has 0 spiro atoms. The van der Waals surface area contributed by atoms with Crippen molar-refractivity contribution in [1.82, 2.24) is 5.32 Å². The molecule has 3 heteroatoms. The Labute approximate surface area is 75.2 Å². The van der Waals surface area contributed by atoms with Gasteiger partial charge in [0.25, 0.3) is 0 Å². The van der Waals surface area contributed by atoms with Crippen LogP contribution in [-0.2, 0) is 4.84 Å². The Hall–Kier alpha value is -0.570. The van der Waals surface area contributed by atoms with Crippen molar-refractivity contribution >= 4 is 5.71 Å². The molecular weight excluding hydrogens is 152 g/mol. The van der Waals surface area contributed by atoms with Crippen LogP contribution in [-0.4, -0.2) is 25.9 Å². The molecule has 0 rings (SSSR count). The van der Waals surface area contributed by atoms with E-state index in [0.29, 0.717) is 12.5 Å². The molecule has 0 aliphatic carbocycles. The summed E-state index contributed by atoms with van der Waals surface area (Å²) in [5.74, 6) is 0.490. The van der Waals surface area contributed by atoms with Gasteiger partial charge in [0.1, 0.15) is 6.61 Å². The molecule has 0 aromatic rings. The molecule has 0 aromatic heterocycles. The highest BCUT2D eigenvalue weighted by molar-refractivity contribution is 5.85. The van der Waals surface area contributed by atoms with E-state index in [9.17, 15) is 0 Å². The summed E-state index contributed by atoms with van der Waals surface area (Å²) in [6.07, 6.45) is 0.969. The Morgan fingerprint density at radius 3 is 2.58 bits per heavy atom. The molecule has 0 fully saturated rings. The lowest BCUT2D eigenvalue weighted by Gasteiger charge is -2.06. The van der Waals surface area contributed by atoms with Crippen LogP contribution in [0.4, 0.5) is 0 Å². The summed E-state index contributed by atoms with van der Waals surface area (Å²) in [5, 5.41) is 7.05. The number of oxime groups is 1. The third kappa shape index (κ3) is 5.13. The molecule has 0 amide bonds. The van der Waals surface area contributed by atoms with Crippen LogP contribution in [0.15, 0.2) is 5.16 Å². The van der Waals surface area contributed by atoms with E-state index >= 15 is 0 Å². The molecule has 3 nitrogen and oxygen atoms in total. The molecule has 0 saturated carbocycles. The van der Waals surface area contributed by atoms with E-state index in [2.05, 4.69) is 31.2 Å². The molecule has 0 heterocycles. The van der Waals surface area contributed by atoms with E-state index in [-0.39, 0.29) is 0 Å². The van der Waals surface area contributed by atoms with Gasteiger partial charge in [-0.1, -0.05) is 25.9 Å². The van der Waals surface area contributed by atoms with Crippen molar-refractivity contribution in [1.29, 1.82) is 0 Å². The Morgan fingerprint density at radius 2 is 2.17 bits per heavy atom. The molecule has 12 heavy (non-hydrogen) atoms. The fourth-order valence-electron chi connectivity index (χ4n) is 0.854. The molecule has 0 aliphatic heterocycles. The highest BCUT2D eigenvalue weighted by Gasteiger charge is 2.01. The molecule has 0 aromatic carbocycles. The lowest BCUT2D eigenvalue weighted by molar-refractivity contribution is 0.145. The van der Waals surface area contributed by atoms with E-state index in [1.165, 1.54) is 0 Å². The van der Waals surface area contributed by atoms with E-state index in [1.807, 2.05) is 7.05 Å². The predicted octanol–water partition coefficient (Wildman–Crippen LogP) is 1.64. The lowest BCUT2D eigenvalue weighted by atomic mass is 10.1. The summed E-state index contributed by atoms with van der Waals surface area (Å²) in [6, 6.07) is 0. The highest BCUT2D eigenvalue weighted by atomic mass is 16.6. The van der Waals surface area contributed by atoms with Gasteiger partial charge in [-0.15, -0.1) is 0 Å². The van der Waals surface area contributed by atoms with E-state index < -0.39 is 0 Å². The average Bonchev–Trinajstić information content (AvgIpc) is 2.04. The van der Waals surface area contributed by atoms with Crippen molar-refractivity contribution in [3.05, 3.63) is 0 Å². The van der Waals surface area contributed by atoms with Gasteiger partial charge in [0, 0.05) is 6.54 Å². The number of hydrogen-bond donors (Lipinski definition) is 1. The molecule has 0 bridgehead atoms. The third-order valence-electron chi connectivity index (χ3n) is 1.65. The Bertz CT molecular complexity index is 132. The summed E-state index contributed by atoms with van der Waals surface area (Å²) in [4.78, 5) is 5.11. The van der Waals surface area contributed by atoms with Crippen LogP contribution in [0.2, 0.25) is 0 Å². The molecule has 1 N–H and O–H groups in total. The van der Waals surface area contributed by atoms with Gasteiger partial charge >= 0.3 is 0 Å². The number of hydrogen-bond acceptors (Lipinski definition) is 3. The standard InChI is InChI=1S/C9H20N2O/c1-5-9(8(2)3)11-12-7-6-10-4/h8,10H,5-7H2,1-4H3/b11-9+. The normalized spacial score (nSPS) is 12.2. The topological polar surface area (TPSA) is 33.6 Å². The van der Waals surface area contributed by atoms with Crippen molar-refractivity contribution in [3.63, 3.8) is 0 Å². The first-order valence-corrected chi connectivity index (χ1v) is 4.55. The van der Waals surface area contributed by atoms with Crippen LogP contribution in [0.25, 0.3) is 0 Å². The molecule has 0 unspecified atom stereocenters. The Morgan fingerprint density at radius 1 is 1.50 bits per heavy atom.